The highest BCUT2D eigenvalue weighted by atomic mass is 79.9. The molecule has 0 aromatic heterocycles. The molecule has 1 fully saturated rings. The first-order valence-electron chi connectivity index (χ1n) is 7.03. The molecule has 19 heavy (non-hydrogen) atoms. The van der Waals surface area contributed by atoms with Crippen LogP contribution in [0.4, 0.5) is 4.39 Å². The van der Waals surface area contributed by atoms with Gasteiger partial charge < -0.3 is 5.73 Å². The molecule has 2 rings (SSSR count). The lowest BCUT2D eigenvalue weighted by molar-refractivity contribution is 0.149. The van der Waals surface area contributed by atoms with E-state index >= 15 is 0 Å². The fraction of sp³-hybridized carbons (Fsp3) is 0.600. The molecule has 0 heterocycles. The normalized spacial score (nSPS) is 23.8. The quantitative estimate of drug-likeness (QED) is 0.913. The number of benzene rings is 1. The SMILES string of the molecule is CCN(Cc1ccc(F)cc1Br)C1CCC(N)CC1. The summed E-state index contributed by atoms with van der Waals surface area (Å²) in [5, 5.41) is 0. The van der Waals surface area contributed by atoms with E-state index in [0.29, 0.717) is 12.1 Å². The summed E-state index contributed by atoms with van der Waals surface area (Å²) in [5.74, 6) is -0.192. The van der Waals surface area contributed by atoms with Gasteiger partial charge in [-0.05, 0) is 49.9 Å². The Morgan fingerprint density at radius 1 is 1.32 bits per heavy atom. The zero-order valence-corrected chi connectivity index (χ0v) is 13.0. The summed E-state index contributed by atoms with van der Waals surface area (Å²) in [6, 6.07) is 5.94. The van der Waals surface area contributed by atoms with E-state index in [9.17, 15) is 4.39 Å². The highest BCUT2D eigenvalue weighted by Crippen LogP contribution is 2.26. The van der Waals surface area contributed by atoms with Crippen LogP contribution in [0.3, 0.4) is 0 Å². The summed E-state index contributed by atoms with van der Waals surface area (Å²) in [6.45, 7) is 4.08. The van der Waals surface area contributed by atoms with Gasteiger partial charge in [-0.2, -0.15) is 0 Å². The molecule has 1 aromatic rings. The molecule has 2 nitrogen and oxygen atoms in total. The Labute approximate surface area is 123 Å². The lowest BCUT2D eigenvalue weighted by Crippen LogP contribution is -2.40. The fourth-order valence-electron chi connectivity index (χ4n) is 2.83. The number of hydrogen-bond acceptors (Lipinski definition) is 2. The van der Waals surface area contributed by atoms with Crippen LogP contribution >= 0.6 is 15.9 Å². The second-order valence-electron chi connectivity index (χ2n) is 5.37. The summed E-state index contributed by atoms with van der Waals surface area (Å²) < 4.78 is 14.0. The lowest BCUT2D eigenvalue weighted by atomic mass is 9.90. The van der Waals surface area contributed by atoms with Crippen molar-refractivity contribution in [3.8, 4) is 0 Å². The zero-order valence-electron chi connectivity index (χ0n) is 11.4. The molecule has 0 saturated heterocycles. The van der Waals surface area contributed by atoms with Gasteiger partial charge in [-0.15, -0.1) is 0 Å². The molecule has 0 amide bonds. The second-order valence-corrected chi connectivity index (χ2v) is 6.22. The molecule has 1 aromatic carbocycles. The Morgan fingerprint density at radius 2 is 2.00 bits per heavy atom. The van der Waals surface area contributed by atoms with Gasteiger partial charge in [0.2, 0.25) is 0 Å². The molecule has 4 heteroatoms. The Kier molecular flexibility index (Phi) is 5.37. The van der Waals surface area contributed by atoms with E-state index in [4.69, 9.17) is 5.73 Å². The predicted molar refractivity (Wildman–Crippen MR) is 80.4 cm³/mol. The van der Waals surface area contributed by atoms with Gasteiger partial charge in [0.1, 0.15) is 5.82 Å². The number of rotatable bonds is 4. The Morgan fingerprint density at radius 3 is 2.58 bits per heavy atom. The summed E-state index contributed by atoms with van der Waals surface area (Å²) in [6.07, 6.45) is 4.58. The fourth-order valence-corrected chi connectivity index (χ4v) is 3.31. The third-order valence-corrected chi connectivity index (χ3v) is 4.79. The highest BCUT2D eigenvalue weighted by molar-refractivity contribution is 9.10. The average molecular weight is 329 g/mol. The van der Waals surface area contributed by atoms with Crippen LogP contribution in [0.5, 0.6) is 0 Å². The van der Waals surface area contributed by atoms with Crippen molar-refractivity contribution in [2.24, 2.45) is 5.73 Å². The maximum Gasteiger partial charge on any atom is 0.124 e. The van der Waals surface area contributed by atoms with E-state index in [2.05, 4.69) is 27.8 Å². The zero-order chi connectivity index (χ0) is 13.8. The number of nitrogens with two attached hydrogens (primary N) is 1. The van der Waals surface area contributed by atoms with Crippen molar-refractivity contribution in [2.45, 2.75) is 51.2 Å². The van der Waals surface area contributed by atoms with Crippen LogP contribution in [-0.4, -0.2) is 23.5 Å². The first-order valence-corrected chi connectivity index (χ1v) is 7.83. The molecule has 0 unspecified atom stereocenters. The maximum atomic E-state index is 13.1. The van der Waals surface area contributed by atoms with Crippen molar-refractivity contribution in [3.63, 3.8) is 0 Å². The molecule has 0 radical (unpaired) electrons. The van der Waals surface area contributed by atoms with Crippen LogP contribution in [0.2, 0.25) is 0 Å². The van der Waals surface area contributed by atoms with Gasteiger partial charge in [0, 0.05) is 23.1 Å². The number of halogens is 2. The van der Waals surface area contributed by atoms with Crippen molar-refractivity contribution in [1.29, 1.82) is 0 Å². The minimum atomic E-state index is -0.192. The van der Waals surface area contributed by atoms with Gasteiger partial charge in [0.25, 0.3) is 0 Å². The first-order chi connectivity index (χ1) is 9.10. The Bertz CT molecular complexity index is 417. The largest absolute Gasteiger partial charge is 0.328 e. The molecule has 0 aliphatic heterocycles. The second kappa shape index (κ2) is 6.82. The van der Waals surface area contributed by atoms with E-state index in [1.54, 1.807) is 6.07 Å². The van der Waals surface area contributed by atoms with Gasteiger partial charge in [-0.3, -0.25) is 4.90 Å². The Balaban J connectivity index is 2.02. The number of hydrogen-bond donors (Lipinski definition) is 1. The summed E-state index contributed by atoms with van der Waals surface area (Å²) >= 11 is 3.45. The molecule has 1 aliphatic carbocycles. The van der Waals surface area contributed by atoms with Crippen LogP contribution in [0.1, 0.15) is 38.2 Å². The minimum absolute atomic E-state index is 0.192. The molecular formula is C15H22BrFN2. The van der Waals surface area contributed by atoms with Crippen molar-refractivity contribution in [2.75, 3.05) is 6.54 Å². The molecule has 1 saturated carbocycles. The average Bonchev–Trinajstić information content (AvgIpc) is 2.39. The first kappa shape index (κ1) is 14.9. The predicted octanol–water partition coefficient (Wildman–Crippen LogP) is 3.68. The maximum absolute atomic E-state index is 13.1. The van der Waals surface area contributed by atoms with Crippen LogP contribution in [-0.2, 0) is 6.54 Å². The standard InChI is InChI=1S/C15H22BrFN2/c1-2-19(14-7-5-13(18)6-8-14)10-11-3-4-12(17)9-15(11)16/h3-4,9,13-14H,2,5-8,10,18H2,1H3. The third-order valence-electron chi connectivity index (χ3n) is 4.05. The van der Waals surface area contributed by atoms with Crippen molar-refractivity contribution in [1.82, 2.24) is 4.90 Å². The molecule has 0 atom stereocenters. The molecule has 0 spiro atoms. The third kappa shape index (κ3) is 4.01. The minimum Gasteiger partial charge on any atom is -0.328 e. The van der Waals surface area contributed by atoms with Gasteiger partial charge in [0.05, 0.1) is 0 Å². The number of nitrogens with zero attached hydrogens (tertiary/aromatic N) is 1. The van der Waals surface area contributed by atoms with Crippen LogP contribution < -0.4 is 5.73 Å². The molecule has 1 aliphatic rings. The van der Waals surface area contributed by atoms with Gasteiger partial charge in [-0.1, -0.05) is 28.9 Å². The van der Waals surface area contributed by atoms with Crippen molar-refractivity contribution >= 4 is 15.9 Å². The van der Waals surface area contributed by atoms with Crippen LogP contribution in [0.25, 0.3) is 0 Å². The summed E-state index contributed by atoms with van der Waals surface area (Å²) in [5.41, 5.74) is 7.12. The van der Waals surface area contributed by atoms with E-state index < -0.39 is 0 Å². The highest BCUT2D eigenvalue weighted by Gasteiger charge is 2.23. The van der Waals surface area contributed by atoms with Crippen LogP contribution in [0, 0.1) is 5.82 Å². The van der Waals surface area contributed by atoms with Gasteiger partial charge >= 0.3 is 0 Å². The van der Waals surface area contributed by atoms with E-state index in [1.807, 2.05) is 6.07 Å². The summed E-state index contributed by atoms with van der Waals surface area (Å²) in [4.78, 5) is 2.48. The Hall–Kier alpha value is -0.450. The van der Waals surface area contributed by atoms with Gasteiger partial charge in [-0.25, -0.2) is 4.39 Å². The van der Waals surface area contributed by atoms with Gasteiger partial charge in [0.15, 0.2) is 0 Å². The van der Waals surface area contributed by atoms with E-state index in [-0.39, 0.29) is 5.82 Å². The topological polar surface area (TPSA) is 29.3 Å². The van der Waals surface area contributed by atoms with Crippen molar-refractivity contribution < 1.29 is 4.39 Å². The summed E-state index contributed by atoms with van der Waals surface area (Å²) in [7, 11) is 0. The smallest absolute Gasteiger partial charge is 0.124 e. The van der Waals surface area contributed by atoms with E-state index in [0.717, 1.165) is 36.0 Å². The van der Waals surface area contributed by atoms with Crippen LogP contribution in [0.15, 0.2) is 22.7 Å². The molecular weight excluding hydrogens is 307 g/mol. The molecule has 0 bridgehead atoms. The van der Waals surface area contributed by atoms with E-state index in [1.165, 1.54) is 18.9 Å². The lowest BCUT2D eigenvalue weighted by Gasteiger charge is -2.35. The molecule has 2 N–H and O–H groups in total. The van der Waals surface area contributed by atoms with Crippen molar-refractivity contribution in [3.05, 3.63) is 34.1 Å². The molecule has 106 valence electrons. The monoisotopic (exact) mass is 328 g/mol.